The van der Waals surface area contributed by atoms with Crippen molar-refractivity contribution >= 4 is 40.2 Å². The molecule has 0 amide bonds. The smallest absolute Gasteiger partial charge is 0.340 e. The first-order valence-electron chi connectivity index (χ1n) is 9.75. The molecule has 0 aliphatic carbocycles. The van der Waals surface area contributed by atoms with Gasteiger partial charge in [-0.3, -0.25) is 4.68 Å². The predicted molar refractivity (Wildman–Crippen MR) is 122 cm³/mol. The second kappa shape index (κ2) is 8.77. The molecular weight excluding hydrogens is 437 g/mol. The molecule has 5 nitrogen and oxygen atoms in total. The number of fused-ring (bicyclic) bond motifs is 1. The number of rotatable bonds is 6. The lowest BCUT2D eigenvalue weighted by molar-refractivity contribution is 0.0595. The molecular formula is C23H21ClFN3O2S. The summed E-state index contributed by atoms with van der Waals surface area (Å²) in [6.07, 6.45) is 3.85. The number of nitrogens with zero attached hydrogens (tertiary/aromatic N) is 3. The zero-order valence-corrected chi connectivity index (χ0v) is 18.9. The molecule has 8 heteroatoms. The third-order valence-corrected chi connectivity index (χ3v) is 6.48. The first-order chi connectivity index (χ1) is 14.9. The van der Waals surface area contributed by atoms with E-state index in [1.807, 2.05) is 42.2 Å². The Balaban J connectivity index is 1.73. The number of hydrogen-bond donors (Lipinski definition) is 0. The SMILES string of the molecule is CCn1cc(-n2c(C)c(CSc3ccc(F)c(C(=O)OC)c3)c3ccc(Cl)cc32)cn1. The number of benzene rings is 2. The molecule has 0 N–H and O–H groups in total. The van der Waals surface area contributed by atoms with Gasteiger partial charge in [0.2, 0.25) is 0 Å². The van der Waals surface area contributed by atoms with Crippen molar-refractivity contribution in [3.8, 4) is 5.69 Å². The second-order valence-corrected chi connectivity index (χ2v) is 8.52. The monoisotopic (exact) mass is 457 g/mol. The van der Waals surface area contributed by atoms with Crippen LogP contribution in [0.5, 0.6) is 0 Å². The first-order valence-corrected chi connectivity index (χ1v) is 11.1. The van der Waals surface area contributed by atoms with Crippen molar-refractivity contribution in [2.24, 2.45) is 0 Å². The van der Waals surface area contributed by atoms with Gasteiger partial charge in [0.1, 0.15) is 5.82 Å². The van der Waals surface area contributed by atoms with Crippen LogP contribution in [0.15, 0.2) is 53.7 Å². The predicted octanol–water partition coefficient (Wildman–Crippen LogP) is 6.03. The van der Waals surface area contributed by atoms with E-state index >= 15 is 0 Å². The highest BCUT2D eigenvalue weighted by atomic mass is 35.5. The van der Waals surface area contributed by atoms with Crippen LogP contribution in [0.25, 0.3) is 16.6 Å². The number of ether oxygens (including phenoxy) is 1. The van der Waals surface area contributed by atoms with Gasteiger partial charge in [-0.2, -0.15) is 5.10 Å². The lowest BCUT2D eigenvalue weighted by atomic mass is 10.1. The Morgan fingerprint density at radius 3 is 2.77 bits per heavy atom. The molecule has 0 aliphatic heterocycles. The minimum absolute atomic E-state index is 0.0644. The Morgan fingerprint density at radius 1 is 1.26 bits per heavy atom. The van der Waals surface area contributed by atoms with E-state index in [0.717, 1.165) is 39.3 Å². The number of methoxy groups -OCH3 is 1. The van der Waals surface area contributed by atoms with E-state index in [1.165, 1.54) is 31.0 Å². The fourth-order valence-corrected chi connectivity index (χ4v) is 4.83. The fraction of sp³-hybridized carbons (Fsp3) is 0.217. The summed E-state index contributed by atoms with van der Waals surface area (Å²) in [6, 6.07) is 10.3. The van der Waals surface area contributed by atoms with Crippen molar-refractivity contribution in [2.75, 3.05) is 7.11 Å². The summed E-state index contributed by atoms with van der Waals surface area (Å²) < 4.78 is 22.7. The average Bonchev–Trinajstić information content (AvgIpc) is 3.34. The summed E-state index contributed by atoms with van der Waals surface area (Å²) >= 11 is 7.84. The van der Waals surface area contributed by atoms with Crippen molar-refractivity contribution in [3.63, 3.8) is 0 Å². The molecule has 0 radical (unpaired) electrons. The Morgan fingerprint density at radius 2 is 2.06 bits per heavy atom. The Hall–Kier alpha value is -2.77. The van der Waals surface area contributed by atoms with Gasteiger partial charge < -0.3 is 9.30 Å². The van der Waals surface area contributed by atoms with Gasteiger partial charge in [-0.25, -0.2) is 9.18 Å². The summed E-state index contributed by atoms with van der Waals surface area (Å²) in [5, 5.41) is 6.16. The van der Waals surface area contributed by atoms with Crippen LogP contribution in [0.2, 0.25) is 5.02 Å². The van der Waals surface area contributed by atoms with Gasteiger partial charge in [0, 0.05) is 39.5 Å². The number of aromatic nitrogens is 3. The molecule has 0 spiro atoms. The Bertz CT molecular complexity index is 1280. The molecule has 2 heterocycles. The van der Waals surface area contributed by atoms with Crippen molar-refractivity contribution in [1.82, 2.24) is 14.3 Å². The van der Waals surface area contributed by atoms with Crippen LogP contribution in [0.4, 0.5) is 4.39 Å². The molecule has 2 aromatic heterocycles. The molecule has 0 saturated carbocycles. The van der Waals surface area contributed by atoms with Gasteiger partial charge in [-0.15, -0.1) is 11.8 Å². The maximum atomic E-state index is 14.0. The number of esters is 1. The largest absolute Gasteiger partial charge is 0.465 e. The third-order valence-electron chi connectivity index (χ3n) is 5.23. The highest BCUT2D eigenvalue weighted by molar-refractivity contribution is 7.98. The van der Waals surface area contributed by atoms with Crippen LogP contribution in [0, 0.1) is 12.7 Å². The number of hydrogen-bond acceptors (Lipinski definition) is 4. The van der Waals surface area contributed by atoms with Gasteiger partial charge in [-0.05, 0) is 49.7 Å². The second-order valence-electron chi connectivity index (χ2n) is 7.04. The summed E-state index contributed by atoms with van der Waals surface area (Å²) in [5.74, 6) is -0.632. The Labute approximate surface area is 188 Å². The van der Waals surface area contributed by atoms with Crippen LogP contribution in [0.3, 0.4) is 0 Å². The normalized spacial score (nSPS) is 11.3. The van der Waals surface area contributed by atoms with Crippen LogP contribution < -0.4 is 0 Å². The third kappa shape index (κ3) is 4.07. The fourth-order valence-electron chi connectivity index (χ4n) is 3.63. The van der Waals surface area contributed by atoms with Gasteiger partial charge in [0.05, 0.1) is 30.1 Å². The zero-order valence-electron chi connectivity index (χ0n) is 17.4. The van der Waals surface area contributed by atoms with E-state index in [-0.39, 0.29) is 5.56 Å². The van der Waals surface area contributed by atoms with Crippen LogP contribution >= 0.6 is 23.4 Å². The van der Waals surface area contributed by atoms with Crippen molar-refractivity contribution in [1.29, 1.82) is 0 Å². The minimum Gasteiger partial charge on any atom is -0.465 e. The molecule has 0 unspecified atom stereocenters. The molecule has 0 fully saturated rings. The van der Waals surface area contributed by atoms with Gasteiger partial charge in [0.25, 0.3) is 0 Å². The molecule has 4 aromatic rings. The topological polar surface area (TPSA) is 49.0 Å². The standard InChI is InChI=1S/C23H21ClFN3O2S/c1-4-27-12-16(11-26-27)28-14(2)20(18-7-5-15(24)9-22(18)28)13-31-17-6-8-21(25)19(10-17)23(29)30-3/h5-12H,4,13H2,1-3H3. The van der Waals surface area contributed by atoms with E-state index in [2.05, 4.69) is 21.3 Å². The van der Waals surface area contributed by atoms with E-state index in [0.29, 0.717) is 10.8 Å². The molecule has 4 rings (SSSR count). The molecule has 160 valence electrons. The maximum Gasteiger partial charge on any atom is 0.340 e. The highest BCUT2D eigenvalue weighted by Gasteiger charge is 2.18. The summed E-state index contributed by atoms with van der Waals surface area (Å²) in [4.78, 5) is 12.6. The van der Waals surface area contributed by atoms with Crippen molar-refractivity contribution < 1.29 is 13.9 Å². The number of carbonyl (C=O) groups is 1. The van der Waals surface area contributed by atoms with Crippen molar-refractivity contribution in [3.05, 3.63) is 76.5 Å². The summed E-state index contributed by atoms with van der Waals surface area (Å²) in [5.41, 5.74) is 4.13. The van der Waals surface area contributed by atoms with Crippen LogP contribution in [-0.4, -0.2) is 27.4 Å². The van der Waals surface area contributed by atoms with E-state index in [1.54, 1.807) is 6.07 Å². The first kappa shape index (κ1) is 21.5. The molecule has 0 aliphatic rings. The van der Waals surface area contributed by atoms with Gasteiger partial charge in [-0.1, -0.05) is 17.7 Å². The molecule has 0 atom stereocenters. The Kier molecular flexibility index (Phi) is 6.07. The molecule has 0 bridgehead atoms. The lowest BCUT2D eigenvalue weighted by Crippen LogP contribution is -2.04. The zero-order chi connectivity index (χ0) is 22.1. The van der Waals surface area contributed by atoms with Gasteiger partial charge >= 0.3 is 5.97 Å². The molecule has 0 saturated heterocycles. The number of halogens is 2. The van der Waals surface area contributed by atoms with E-state index in [9.17, 15) is 9.18 Å². The van der Waals surface area contributed by atoms with Crippen molar-refractivity contribution in [2.45, 2.75) is 31.0 Å². The quantitative estimate of drug-likeness (QED) is 0.262. The molecule has 31 heavy (non-hydrogen) atoms. The van der Waals surface area contributed by atoms with Crippen LogP contribution in [0.1, 0.15) is 28.5 Å². The number of aryl methyl sites for hydroxylation is 1. The minimum atomic E-state index is -0.685. The number of thioether (sulfide) groups is 1. The van der Waals surface area contributed by atoms with E-state index in [4.69, 9.17) is 11.6 Å². The summed E-state index contributed by atoms with van der Waals surface area (Å²) in [6.45, 7) is 4.90. The lowest BCUT2D eigenvalue weighted by Gasteiger charge is -2.07. The molecule has 2 aromatic carbocycles. The average molecular weight is 458 g/mol. The van der Waals surface area contributed by atoms with Crippen LogP contribution in [-0.2, 0) is 17.0 Å². The highest BCUT2D eigenvalue weighted by Crippen LogP contribution is 2.35. The van der Waals surface area contributed by atoms with Gasteiger partial charge in [0.15, 0.2) is 0 Å². The number of carbonyl (C=O) groups excluding carboxylic acids is 1. The van der Waals surface area contributed by atoms with E-state index < -0.39 is 11.8 Å². The summed E-state index contributed by atoms with van der Waals surface area (Å²) in [7, 11) is 1.24. The maximum absolute atomic E-state index is 14.0.